The van der Waals surface area contributed by atoms with Gasteiger partial charge in [0, 0.05) is 37.5 Å². The number of amides is 1. The van der Waals surface area contributed by atoms with Crippen molar-refractivity contribution in [1.29, 1.82) is 0 Å². The van der Waals surface area contributed by atoms with Gasteiger partial charge in [-0.1, -0.05) is 18.2 Å². The van der Waals surface area contributed by atoms with Crippen LogP contribution in [-0.4, -0.2) is 35.8 Å². The van der Waals surface area contributed by atoms with E-state index in [1.54, 1.807) is 19.2 Å². The van der Waals surface area contributed by atoms with E-state index in [2.05, 4.69) is 9.88 Å². The first-order valence-corrected chi connectivity index (χ1v) is 8.31. The Labute approximate surface area is 146 Å². The first kappa shape index (κ1) is 17.0. The Morgan fingerprint density at radius 2 is 1.96 bits per heavy atom. The second kappa shape index (κ2) is 7.85. The number of aromatic nitrogens is 1. The van der Waals surface area contributed by atoms with Crippen molar-refractivity contribution in [3.8, 4) is 5.75 Å². The minimum atomic E-state index is -0.0832. The fourth-order valence-electron chi connectivity index (χ4n) is 2.79. The number of fused-ring (bicyclic) bond motifs is 1. The average molecular weight is 338 g/mol. The molecular weight excluding hydrogens is 316 g/mol. The zero-order chi connectivity index (χ0) is 17.6. The molecule has 3 aromatic rings. The Morgan fingerprint density at radius 3 is 2.72 bits per heavy atom. The number of phenols is 1. The van der Waals surface area contributed by atoms with Gasteiger partial charge in [0.15, 0.2) is 0 Å². The highest BCUT2D eigenvalue weighted by Crippen LogP contribution is 2.18. The van der Waals surface area contributed by atoms with Crippen LogP contribution in [0.3, 0.4) is 0 Å². The van der Waals surface area contributed by atoms with Crippen molar-refractivity contribution >= 4 is 16.8 Å². The second-order valence-electron chi connectivity index (χ2n) is 5.95. The Bertz CT molecular complexity index is 853. The molecule has 0 atom stereocenters. The van der Waals surface area contributed by atoms with E-state index in [0.29, 0.717) is 18.7 Å². The van der Waals surface area contributed by atoms with Crippen molar-refractivity contribution < 1.29 is 14.6 Å². The normalized spacial score (nSPS) is 10.9. The van der Waals surface area contributed by atoms with Gasteiger partial charge in [0.25, 0.3) is 5.91 Å². The molecule has 0 bridgehead atoms. The molecule has 1 aromatic heterocycles. The maximum atomic E-state index is 12.4. The summed E-state index contributed by atoms with van der Waals surface area (Å²) < 4.78 is 7.22. The largest absolute Gasteiger partial charge is 0.508 e. The highest BCUT2D eigenvalue weighted by Gasteiger charge is 2.08. The number of rotatable bonds is 7. The number of phenolic OH excluding ortho intramolecular Hbond substituents is 1. The zero-order valence-electron chi connectivity index (χ0n) is 14.2. The average Bonchev–Trinajstić information content (AvgIpc) is 3.03. The van der Waals surface area contributed by atoms with Crippen LogP contribution in [0.25, 0.3) is 10.9 Å². The van der Waals surface area contributed by atoms with Crippen molar-refractivity contribution in [3.63, 3.8) is 0 Å². The summed E-state index contributed by atoms with van der Waals surface area (Å²) in [6.45, 7) is 1.94. The first-order chi connectivity index (χ1) is 12.2. The molecule has 0 saturated heterocycles. The van der Waals surface area contributed by atoms with Crippen LogP contribution in [0.15, 0.2) is 54.7 Å². The molecule has 130 valence electrons. The van der Waals surface area contributed by atoms with E-state index in [0.717, 1.165) is 29.4 Å². The molecule has 0 saturated carbocycles. The molecule has 5 heteroatoms. The SMILES string of the molecule is COCCn1ccc2ccc(C(=O)NCCc3ccc(O)cc3)cc21. The van der Waals surface area contributed by atoms with Crippen LogP contribution in [0.2, 0.25) is 0 Å². The number of hydrogen-bond donors (Lipinski definition) is 2. The van der Waals surface area contributed by atoms with E-state index in [9.17, 15) is 9.90 Å². The Kier molecular flexibility index (Phi) is 5.36. The molecule has 0 aliphatic heterocycles. The van der Waals surface area contributed by atoms with Gasteiger partial charge in [-0.3, -0.25) is 4.79 Å². The Balaban J connectivity index is 1.64. The Morgan fingerprint density at radius 1 is 1.16 bits per heavy atom. The van der Waals surface area contributed by atoms with Gasteiger partial charge in [0.1, 0.15) is 5.75 Å². The molecule has 0 spiro atoms. The van der Waals surface area contributed by atoms with E-state index in [1.807, 2.05) is 42.6 Å². The van der Waals surface area contributed by atoms with Gasteiger partial charge in [0.2, 0.25) is 0 Å². The summed E-state index contributed by atoms with van der Waals surface area (Å²) in [7, 11) is 1.68. The van der Waals surface area contributed by atoms with Crippen LogP contribution in [0, 0.1) is 0 Å². The van der Waals surface area contributed by atoms with Crippen molar-refractivity contribution in [2.45, 2.75) is 13.0 Å². The Hall–Kier alpha value is -2.79. The smallest absolute Gasteiger partial charge is 0.251 e. The van der Waals surface area contributed by atoms with Gasteiger partial charge in [-0.05, 0) is 47.7 Å². The molecule has 0 radical (unpaired) electrons. The summed E-state index contributed by atoms with van der Waals surface area (Å²) in [6.07, 6.45) is 2.73. The number of nitrogens with zero attached hydrogens (tertiary/aromatic N) is 1. The summed E-state index contributed by atoms with van der Waals surface area (Å²) in [5.74, 6) is 0.165. The minimum absolute atomic E-state index is 0.0832. The number of methoxy groups -OCH3 is 1. The van der Waals surface area contributed by atoms with E-state index < -0.39 is 0 Å². The molecule has 1 amide bonds. The van der Waals surface area contributed by atoms with Gasteiger partial charge in [-0.25, -0.2) is 0 Å². The summed E-state index contributed by atoms with van der Waals surface area (Å²) in [5.41, 5.74) is 2.75. The molecule has 25 heavy (non-hydrogen) atoms. The van der Waals surface area contributed by atoms with E-state index in [4.69, 9.17) is 4.74 Å². The van der Waals surface area contributed by atoms with Gasteiger partial charge in [-0.2, -0.15) is 0 Å². The molecule has 1 heterocycles. The number of aromatic hydroxyl groups is 1. The highest BCUT2D eigenvalue weighted by atomic mass is 16.5. The summed E-state index contributed by atoms with van der Waals surface area (Å²) in [5, 5.41) is 13.3. The predicted molar refractivity (Wildman–Crippen MR) is 98.0 cm³/mol. The van der Waals surface area contributed by atoms with Crippen molar-refractivity contribution in [2.24, 2.45) is 0 Å². The summed E-state index contributed by atoms with van der Waals surface area (Å²) in [6, 6.07) is 14.8. The third kappa shape index (κ3) is 4.19. The summed E-state index contributed by atoms with van der Waals surface area (Å²) >= 11 is 0. The second-order valence-corrected chi connectivity index (χ2v) is 5.95. The molecule has 3 rings (SSSR count). The number of hydrogen-bond acceptors (Lipinski definition) is 3. The fourth-order valence-corrected chi connectivity index (χ4v) is 2.79. The molecule has 0 aliphatic rings. The molecule has 0 fully saturated rings. The van der Waals surface area contributed by atoms with Crippen LogP contribution in [-0.2, 0) is 17.7 Å². The van der Waals surface area contributed by atoms with Crippen molar-refractivity contribution in [1.82, 2.24) is 9.88 Å². The van der Waals surface area contributed by atoms with Crippen LogP contribution in [0.5, 0.6) is 5.75 Å². The third-order valence-electron chi connectivity index (χ3n) is 4.21. The number of benzene rings is 2. The number of nitrogens with one attached hydrogen (secondary N) is 1. The molecular formula is C20H22N2O3. The number of ether oxygens (including phenoxy) is 1. The fraction of sp³-hybridized carbons (Fsp3) is 0.250. The number of carbonyl (C=O) groups excluding carboxylic acids is 1. The maximum absolute atomic E-state index is 12.4. The monoisotopic (exact) mass is 338 g/mol. The van der Waals surface area contributed by atoms with Gasteiger partial charge >= 0.3 is 0 Å². The van der Waals surface area contributed by atoms with Crippen molar-refractivity contribution in [2.75, 3.05) is 20.3 Å². The third-order valence-corrected chi connectivity index (χ3v) is 4.21. The topological polar surface area (TPSA) is 63.5 Å². The molecule has 2 aromatic carbocycles. The lowest BCUT2D eigenvalue weighted by molar-refractivity contribution is 0.0954. The van der Waals surface area contributed by atoms with Gasteiger partial charge in [-0.15, -0.1) is 0 Å². The predicted octanol–water partition coefficient (Wildman–Crippen LogP) is 2.97. The van der Waals surface area contributed by atoms with Gasteiger partial charge in [0.05, 0.1) is 6.61 Å². The lowest BCUT2D eigenvalue weighted by atomic mass is 10.1. The minimum Gasteiger partial charge on any atom is -0.508 e. The standard InChI is InChI=1S/C20H22N2O3/c1-25-13-12-22-11-9-16-4-5-17(14-19(16)22)20(24)21-10-8-15-2-6-18(23)7-3-15/h2-7,9,11,14,23H,8,10,12-13H2,1H3,(H,21,24). The highest BCUT2D eigenvalue weighted by molar-refractivity contribution is 5.98. The van der Waals surface area contributed by atoms with Crippen LogP contribution >= 0.6 is 0 Å². The summed E-state index contributed by atoms with van der Waals surface area (Å²) in [4.78, 5) is 12.4. The zero-order valence-corrected chi connectivity index (χ0v) is 14.2. The lowest BCUT2D eigenvalue weighted by Gasteiger charge is -2.08. The molecule has 0 unspecified atom stereocenters. The van der Waals surface area contributed by atoms with Crippen LogP contribution < -0.4 is 5.32 Å². The van der Waals surface area contributed by atoms with Crippen LogP contribution in [0.1, 0.15) is 15.9 Å². The van der Waals surface area contributed by atoms with E-state index in [1.165, 1.54) is 0 Å². The van der Waals surface area contributed by atoms with Crippen LogP contribution in [0.4, 0.5) is 0 Å². The lowest BCUT2D eigenvalue weighted by Crippen LogP contribution is -2.25. The van der Waals surface area contributed by atoms with Crippen molar-refractivity contribution in [3.05, 3.63) is 65.9 Å². The van der Waals surface area contributed by atoms with E-state index >= 15 is 0 Å². The molecule has 2 N–H and O–H groups in total. The molecule has 5 nitrogen and oxygen atoms in total. The van der Waals surface area contributed by atoms with Gasteiger partial charge < -0.3 is 19.7 Å². The van der Waals surface area contributed by atoms with E-state index in [-0.39, 0.29) is 11.7 Å². The molecule has 0 aliphatic carbocycles. The quantitative estimate of drug-likeness (QED) is 0.696. The number of carbonyl (C=O) groups is 1. The maximum Gasteiger partial charge on any atom is 0.251 e. The first-order valence-electron chi connectivity index (χ1n) is 8.31.